The second kappa shape index (κ2) is 6.86. The van der Waals surface area contributed by atoms with Crippen LogP contribution in [-0.2, 0) is 16.0 Å². The van der Waals surface area contributed by atoms with Crippen LogP contribution in [0.1, 0.15) is 23.7 Å². The van der Waals surface area contributed by atoms with E-state index in [-0.39, 0.29) is 12.3 Å². The lowest BCUT2D eigenvalue weighted by molar-refractivity contribution is -0.141. The van der Waals surface area contributed by atoms with Crippen LogP contribution in [0.5, 0.6) is 0 Å². The van der Waals surface area contributed by atoms with Crippen LogP contribution in [-0.4, -0.2) is 40.3 Å². The van der Waals surface area contributed by atoms with Crippen LogP contribution < -0.4 is 5.32 Å². The number of hydrogen-bond donors (Lipinski definition) is 4. The zero-order chi connectivity index (χ0) is 14.4. The van der Waals surface area contributed by atoms with Crippen molar-refractivity contribution in [1.82, 2.24) is 5.32 Å². The summed E-state index contributed by atoms with van der Waals surface area (Å²) in [4.78, 5) is 21.6. The molecule has 0 aromatic heterocycles. The van der Waals surface area contributed by atoms with E-state index in [1.807, 2.05) is 0 Å². The lowest BCUT2D eigenvalue weighted by atomic mass is 10.00. The van der Waals surface area contributed by atoms with Crippen molar-refractivity contribution in [2.24, 2.45) is 0 Å². The summed E-state index contributed by atoms with van der Waals surface area (Å²) in [5, 5.41) is 30.3. The van der Waals surface area contributed by atoms with Gasteiger partial charge in [-0.15, -0.1) is 0 Å². The first-order chi connectivity index (χ1) is 8.93. The summed E-state index contributed by atoms with van der Waals surface area (Å²) in [7, 11) is 1.54. The molecule has 0 bridgehead atoms. The Kier molecular flexibility index (Phi) is 5.47. The molecule has 0 spiro atoms. The number of hydrogen-bond acceptors (Lipinski definition) is 4. The number of carboxylic acid groups (broad SMARTS) is 1. The van der Waals surface area contributed by atoms with E-state index in [4.69, 9.17) is 5.11 Å². The van der Waals surface area contributed by atoms with Crippen molar-refractivity contribution in [1.29, 1.82) is 0 Å². The number of carbonyl (C=O) groups excluding carboxylic acids is 1. The van der Waals surface area contributed by atoms with Gasteiger partial charge in [0.05, 0.1) is 18.9 Å². The fourth-order valence-corrected chi connectivity index (χ4v) is 1.62. The predicted molar refractivity (Wildman–Crippen MR) is 67.4 cm³/mol. The highest BCUT2D eigenvalue weighted by Crippen LogP contribution is 2.19. The van der Waals surface area contributed by atoms with Crippen molar-refractivity contribution >= 4 is 11.9 Å². The molecule has 0 aliphatic carbocycles. The Morgan fingerprint density at radius 1 is 1.21 bits per heavy atom. The van der Waals surface area contributed by atoms with Gasteiger partial charge in [0.1, 0.15) is 6.10 Å². The van der Waals surface area contributed by atoms with Gasteiger partial charge in [-0.2, -0.15) is 0 Å². The molecule has 1 aromatic carbocycles. The summed E-state index contributed by atoms with van der Waals surface area (Å²) in [5.41, 5.74) is 1.18. The second-order valence-corrected chi connectivity index (χ2v) is 4.20. The van der Waals surface area contributed by atoms with E-state index in [1.165, 1.54) is 0 Å². The molecular weight excluding hydrogens is 250 g/mol. The summed E-state index contributed by atoms with van der Waals surface area (Å²) in [5.74, 6) is -1.30. The van der Waals surface area contributed by atoms with Gasteiger partial charge in [0, 0.05) is 7.05 Å². The third-order valence-electron chi connectivity index (χ3n) is 2.71. The van der Waals surface area contributed by atoms with Crippen molar-refractivity contribution in [2.45, 2.75) is 25.0 Å². The van der Waals surface area contributed by atoms with Crippen molar-refractivity contribution < 1.29 is 24.9 Å². The normalized spacial score (nSPS) is 13.6. The van der Waals surface area contributed by atoms with Crippen molar-refractivity contribution in [3.8, 4) is 0 Å². The van der Waals surface area contributed by atoms with Gasteiger partial charge in [-0.3, -0.25) is 9.59 Å². The Balaban J connectivity index is 2.69. The minimum Gasteiger partial charge on any atom is -0.481 e. The Hall–Kier alpha value is -1.92. The number of aliphatic carboxylic acids is 1. The van der Waals surface area contributed by atoms with E-state index in [2.05, 4.69) is 5.32 Å². The molecule has 0 saturated carbocycles. The molecule has 1 rings (SSSR count). The fourth-order valence-electron chi connectivity index (χ4n) is 1.62. The quantitative estimate of drug-likeness (QED) is 0.573. The maximum Gasteiger partial charge on any atom is 0.306 e. The molecule has 0 aliphatic heterocycles. The lowest BCUT2D eigenvalue weighted by Gasteiger charge is -2.16. The number of rotatable bonds is 6. The maximum atomic E-state index is 11.2. The molecule has 0 heterocycles. The third-order valence-corrected chi connectivity index (χ3v) is 2.71. The van der Waals surface area contributed by atoms with Crippen molar-refractivity contribution in [2.75, 3.05) is 7.05 Å². The van der Waals surface area contributed by atoms with Gasteiger partial charge in [0.15, 0.2) is 0 Å². The first-order valence-corrected chi connectivity index (χ1v) is 5.81. The molecule has 0 fully saturated rings. The monoisotopic (exact) mass is 267 g/mol. The number of carboxylic acids is 1. The van der Waals surface area contributed by atoms with Crippen LogP contribution in [0.2, 0.25) is 0 Å². The number of benzene rings is 1. The molecule has 2 atom stereocenters. The third kappa shape index (κ3) is 4.69. The number of aliphatic hydroxyl groups excluding tert-OH is 2. The van der Waals surface area contributed by atoms with E-state index in [0.29, 0.717) is 5.56 Å². The first-order valence-electron chi connectivity index (χ1n) is 5.81. The highest BCUT2D eigenvalue weighted by molar-refractivity contribution is 5.78. The van der Waals surface area contributed by atoms with Crippen LogP contribution >= 0.6 is 0 Å². The standard InChI is InChI=1S/C13H17NO5/c1-14-11(16)6-8-2-4-9(5-3-8)13(19)10(15)7-12(17)18/h2-5,10,13,15,19H,6-7H2,1H3,(H,14,16)(H,17,18). The summed E-state index contributed by atoms with van der Waals surface area (Å²) in [6.07, 6.45) is -2.92. The number of carbonyl (C=O) groups is 2. The average Bonchev–Trinajstić information content (AvgIpc) is 2.37. The first kappa shape index (κ1) is 15.1. The Morgan fingerprint density at radius 3 is 2.26 bits per heavy atom. The van der Waals surface area contributed by atoms with Crippen LogP contribution in [0, 0.1) is 0 Å². The van der Waals surface area contributed by atoms with Gasteiger partial charge in [0.2, 0.25) is 5.91 Å². The number of amides is 1. The summed E-state index contributed by atoms with van der Waals surface area (Å²) in [6.45, 7) is 0. The Bertz CT molecular complexity index is 443. The maximum absolute atomic E-state index is 11.2. The summed E-state index contributed by atoms with van der Waals surface area (Å²) in [6, 6.07) is 6.44. The smallest absolute Gasteiger partial charge is 0.306 e. The minimum absolute atomic E-state index is 0.126. The van der Waals surface area contributed by atoms with Crippen LogP contribution in [0.15, 0.2) is 24.3 Å². The van der Waals surface area contributed by atoms with Gasteiger partial charge in [-0.1, -0.05) is 24.3 Å². The molecule has 0 saturated heterocycles. The molecular formula is C13H17NO5. The lowest BCUT2D eigenvalue weighted by Crippen LogP contribution is -2.22. The largest absolute Gasteiger partial charge is 0.481 e. The molecule has 2 unspecified atom stereocenters. The van der Waals surface area contributed by atoms with Crippen LogP contribution in [0.4, 0.5) is 0 Å². The predicted octanol–water partition coefficient (Wildman–Crippen LogP) is -0.156. The zero-order valence-corrected chi connectivity index (χ0v) is 10.5. The molecule has 6 nitrogen and oxygen atoms in total. The van der Waals surface area contributed by atoms with E-state index in [0.717, 1.165) is 5.56 Å². The van der Waals surface area contributed by atoms with Gasteiger partial charge in [-0.25, -0.2) is 0 Å². The molecule has 0 radical (unpaired) electrons. The zero-order valence-electron chi connectivity index (χ0n) is 10.5. The van der Waals surface area contributed by atoms with E-state index < -0.39 is 24.6 Å². The van der Waals surface area contributed by atoms with E-state index in [1.54, 1.807) is 31.3 Å². The molecule has 1 aromatic rings. The SMILES string of the molecule is CNC(=O)Cc1ccc(C(O)C(O)CC(=O)O)cc1. The molecule has 0 aliphatic rings. The molecule has 6 heteroatoms. The molecule has 4 N–H and O–H groups in total. The number of nitrogens with one attached hydrogen (secondary N) is 1. The van der Waals surface area contributed by atoms with Gasteiger partial charge >= 0.3 is 5.97 Å². The summed E-state index contributed by atoms with van der Waals surface area (Å²) >= 11 is 0. The van der Waals surface area contributed by atoms with E-state index >= 15 is 0 Å². The average molecular weight is 267 g/mol. The Morgan fingerprint density at radius 2 is 1.79 bits per heavy atom. The van der Waals surface area contributed by atoms with Crippen molar-refractivity contribution in [3.05, 3.63) is 35.4 Å². The fraction of sp³-hybridized carbons (Fsp3) is 0.385. The van der Waals surface area contributed by atoms with Crippen LogP contribution in [0.25, 0.3) is 0 Å². The number of likely N-dealkylation sites (N-methyl/N-ethyl adjacent to an activating group) is 1. The second-order valence-electron chi connectivity index (χ2n) is 4.20. The van der Waals surface area contributed by atoms with E-state index in [9.17, 15) is 19.8 Å². The highest BCUT2D eigenvalue weighted by Gasteiger charge is 2.21. The Labute approximate surface area is 110 Å². The van der Waals surface area contributed by atoms with Gasteiger partial charge < -0.3 is 20.6 Å². The number of aliphatic hydroxyl groups is 2. The van der Waals surface area contributed by atoms with Gasteiger partial charge in [-0.05, 0) is 11.1 Å². The highest BCUT2D eigenvalue weighted by atomic mass is 16.4. The van der Waals surface area contributed by atoms with Gasteiger partial charge in [0.25, 0.3) is 0 Å². The van der Waals surface area contributed by atoms with Crippen molar-refractivity contribution in [3.63, 3.8) is 0 Å². The molecule has 19 heavy (non-hydrogen) atoms. The minimum atomic E-state index is -1.36. The molecule has 1 amide bonds. The summed E-state index contributed by atoms with van der Waals surface area (Å²) < 4.78 is 0. The molecule has 104 valence electrons. The van der Waals surface area contributed by atoms with Crippen LogP contribution in [0.3, 0.4) is 0 Å². The topological polar surface area (TPSA) is 107 Å².